The van der Waals surface area contributed by atoms with Gasteiger partial charge in [-0.15, -0.1) is 11.3 Å². The van der Waals surface area contributed by atoms with E-state index in [1.807, 2.05) is 12.1 Å². The summed E-state index contributed by atoms with van der Waals surface area (Å²) in [5.41, 5.74) is -0.228. The van der Waals surface area contributed by atoms with Crippen molar-refractivity contribution in [1.82, 2.24) is 0 Å². The van der Waals surface area contributed by atoms with Crippen molar-refractivity contribution < 1.29 is 9.53 Å². The number of fused-ring (bicyclic) bond motifs is 3. The van der Waals surface area contributed by atoms with E-state index in [9.17, 15) is 4.79 Å². The molecule has 1 fully saturated rings. The lowest BCUT2D eigenvalue weighted by atomic mass is 9.81. The molecule has 0 atom stereocenters. The third kappa shape index (κ3) is 2.28. The highest BCUT2D eigenvalue weighted by molar-refractivity contribution is 7.21. The van der Waals surface area contributed by atoms with Crippen LogP contribution in [0.4, 0.5) is 0 Å². The average molecular weight is 300 g/mol. The lowest BCUT2D eigenvalue weighted by molar-refractivity contribution is 0.0237. The van der Waals surface area contributed by atoms with Gasteiger partial charge >= 0.3 is 0 Å². The van der Waals surface area contributed by atoms with Crippen molar-refractivity contribution in [3.05, 3.63) is 29.1 Å². The predicted octanol–water partition coefficient (Wildman–Crippen LogP) is 5.35. The van der Waals surface area contributed by atoms with Crippen molar-refractivity contribution in [3.63, 3.8) is 0 Å². The van der Waals surface area contributed by atoms with Crippen LogP contribution in [0.1, 0.15) is 61.0 Å². The highest BCUT2D eigenvalue weighted by Gasteiger charge is 2.41. The van der Waals surface area contributed by atoms with Crippen molar-refractivity contribution in [3.8, 4) is 5.75 Å². The maximum absolute atomic E-state index is 12.7. The SMILES string of the molecule is O=C1CC2(CCCCCCC2)Oc2c1sc1ccccc21. The fourth-order valence-electron chi connectivity index (χ4n) is 3.76. The molecule has 110 valence electrons. The molecular formula is C18H20O2S. The van der Waals surface area contributed by atoms with Crippen LogP contribution in [0, 0.1) is 0 Å². The second-order valence-electron chi connectivity index (χ2n) is 6.41. The van der Waals surface area contributed by atoms with E-state index >= 15 is 0 Å². The third-order valence-corrected chi connectivity index (χ3v) is 6.06. The van der Waals surface area contributed by atoms with Crippen molar-refractivity contribution in [1.29, 1.82) is 0 Å². The lowest BCUT2D eigenvalue weighted by Gasteiger charge is -2.38. The first-order valence-electron chi connectivity index (χ1n) is 8.01. The summed E-state index contributed by atoms with van der Waals surface area (Å²) in [6.45, 7) is 0. The number of carbonyl (C=O) groups is 1. The van der Waals surface area contributed by atoms with Gasteiger partial charge in [-0.3, -0.25) is 4.79 Å². The van der Waals surface area contributed by atoms with Gasteiger partial charge in [-0.2, -0.15) is 0 Å². The van der Waals surface area contributed by atoms with Gasteiger partial charge < -0.3 is 4.74 Å². The number of Topliss-reactive ketones (excluding diaryl/α,β-unsaturated/α-hetero) is 1. The first kappa shape index (κ1) is 13.3. The first-order valence-corrected chi connectivity index (χ1v) is 8.83. The first-order chi connectivity index (χ1) is 10.3. The molecule has 0 saturated heterocycles. The standard InChI is InChI=1S/C18H20O2S/c19-14-12-18(10-6-2-1-3-7-11-18)20-16-13-8-4-5-9-15(13)21-17(14)16/h4-5,8-9H,1-3,6-7,10-12H2. The van der Waals surface area contributed by atoms with Crippen molar-refractivity contribution >= 4 is 27.2 Å². The van der Waals surface area contributed by atoms with Crippen LogP contribution in [-0.2, 0) is 0 Å². The molecule has 3 heteroatoms. The number of ether oxygens (including phenoxy) is 1. The molecule has 1 aromatic carbocycles. The highest BCUT2D eigenvalue weighted by atomic mass is 32.1. The molecule has 1 saturated carbocycles. The van der Waals surface area contributed by atoms with E-state index in [4.69, 9.17) is 4.74 Å². The third-order valence-electron chi connectivity index (χ3n) is 4.87. The molecule has 0 unspecified atom stereocenters. The quantitative estimate of drug-likeness (QED) is 0.655. The Balaban J connectivity index is 1.77. The van der Waals surface area contributed by atoms with Crippen molar-refractivity contribution in [2.75, 3.05) is 0 Å². The minimum Gasteiger partial charge on any atom is -0.485 e. The zero-order chi connectivity index (χ0) is 14.3. The second kappa shape index (κ2) is 5.13. The molecular weight excluding hydrogens is 280 g/mol. The van der Waals surface area contributed by atoms with Gasteiger partial charge in [0, 0.05) is 10.1 Å². The average Bonchev–Trinajstić information content (AvgIpc) is 2.83. The van der Waals surface area contributed by atoms with Gasteiger partial charge in [0.15, 0.2) is 5.78 Å². The monoisotopic (exact) mass is 300 g/mol. The van der Waals surface area contributed by atoms with Crippen molar-refractivity contribution in [2.24, 2.45) is 0 Å². The van der Waals surface area contributed by atoms with Crippen LogP contribution in [-0.4, -0.2) is 11.4 Å². The molecule has 2 aromatic rings. The fourth-order valence-corrected chi connectivity index (χ4v) is 4.83. The van der Waals surface area contributed by atoms with Gasteiger partial charge in [0.2, 0.25) is 0 Å². The summed E-state index contributed by atoms with van der Waals surface area (Å²) in [5.74, 6) is 1.16. The molecule has 0 radical (unpaired) electrons. The Morgan fingerprint density at radius 2 is 1.71 bits per heavy atom. The van der Waals surface area contributed by atoms with E-state index in [0.29, 0.717) is 6.42 Å². The van der Waals surface area contributed by atoms with Crippen LogP contribution >= 0.6 is 11.3 Å². The van der Waals surface area contributed by atoms with Gasteiger partial charge in [-0.1, -0.05) is 31.4 Å². The van der Waals surface area contributed by atoms with E-state index in [2.05, 4.69) is 12.1 Å². The van der Waals surface area contributed by atoms with Crippen LogP contribution in [0.5, 0.6) is 5.75 Å². The van der Waals surface area contributed by atoms with Crippen LogP contribution in [0.3, 0.4) is 0 Å². The number of carbonyl (C=O) groups excluding carboxylic acids is 1. The Kier molecular flexibility index (Phi) is 3.26. The number of rotatable bonds is 0. The van der Waals surface area contributed by atoms with Crippen LogP contribution in [0.25, 0.3) is 10.1 Å². The van der Waals surface area contributed by atoms with E-state index in [0.717, 1.165) is 28.9 Å². The van der Waals surface area contributed by atoms with Gasteiger partial charge in [0.1, 0.15) is 16.2 Å². The van der Waals surface area contributed by atoms with Gasteiger partial charge in [0.25, 0.3) is 0 Å². The maximum atomic E-state index is 12.7. The minimum absolute atomic E-state index is 0.228. The van der Waals surface area contributed by atoms with E-state index in [-0.39, 0.29) is 11.4 Å². The van der Waals surface area contributed by atoms with Gasteiger partial charge in [-0.25, -0.2) is 0 Å². The fraction of sp³-hybridized carbons (Fsp3) is 0.500. The molecule has 1 aliphatic carbocycles. The van der Waals surface area contributed by atoms with Crippen LogP contribution < -0.4 is 4.74 Å². The number of thiophene rings is 1. The Labute approximate surface area is 129 Å². The molecule has 0 amide bonds. The molecule has 2 aliphatic rings. The van der Waals surface area contributed by atoms with E-state index in [1.54, 1.807) is 11.3 Å². The van der Waals surface area contributed by atoms with Gasteiger partial charge in [-0.05, 0) is 37.8 Å². The molecule has 2 nitrogen and oxygen atoms in total. The van der Waals surface area contributed by atoms with Crippen molar-refractivity contribution in [2.45, 2.75) is 57.0 Å². The number of hydrogen-bond acceptors (Lipinski definition) is 3. The molecule has 1 aliphatic heterocycles. The summed E-state index contributed by atoms with van der Waals surface area (Å²) < 4.78 is 7.67. The van der Waals surface area contributed by atoms with E-state index < -0.39 is 0 Å². The van der Waals surface area contributed by atoms with E-state index in [1.165, 1.54) is 36.8 Å². The minimum atomic E-state index is -0.228. The molecule has 0 N–H and O–H groups in total. The Hall–Kier alpha value is -1.35. The van der Waals surface area contributed by atoms with Gasteiger partial charge in [0.05, 0.1) is 6.42 Å². The number of ketones is 1. The molecule has 1 aromatic heterocycles. The lowest BCUT2D eigenvalue weighted by Crippen LogP contribution is -2.42. The van der Waals surface area contributed by atoms with Crippen LogP contribution in [0.15, 0.2) is 24.3 Å². The summed E-state index contributed by atoms with van der Waals surface area (Å²) >= 11 is 1.59. The highest BCUT2D eigenvalue weighted by Crippen LogP contribution is 2.47. The predicted molar refractivity (Wildman–Crippen MR) is 86.5 cm³/mol. The largest absolute Gasteiger partial charge is 0.485 e. The topological polar surface area (TPSA) is 26.3 Å². The normalized spacial score (nSPS) is 21.6. The Bertz CT molecular complexity index is 678. The number of benzene rings is 1. The smallest absolute Gasteiger partial charge is 0.180 e. The molecule has 2 heterocycles. The zero-order valence-electron chi connectivity index (χ0n) is 12.2. The van der Waals surface area contributed by atoms with Crippen LogP contribution in [0.2, 0.25) is 0 Å². The molecule has 21 heavy (non-hydrogen) atoms. The molecule has 0 bridgehead atoms. The Morgan fingerprint density at radius 3 is 2.52 bits per heavy atom. The summed E-state index contributed by atoms with van der Waals surface area (Å²) in [6.07, 6.45) is 8.89. The Morgan fingerprint density at radius 1 is 1.00 bits per heavy atom. The second-order valence-corrected chi connectivity index (χ2v) is 7.46. The maximum Gasteiger partial charge on any atom is 0.180 e. The summed E-state index contributed by atoms with van der Waals surface area (Å²) in [5, 5.41) is 1.12. The zero-order valence-corrected chi connectivity index (χ0v) is 13.0. The molecule has 1 spiro atoms. The molecule has 4 rings (SSSR count). The summed E-state index contributed by atoms with van der Waals surface area (Å²) in [4.78, 5) is 13.5. The number of hydrogen-bond donors (Lipinski definition) is 0. The summed E-state index contributed by atoms with van der Waals surface area (Å²) in [6, 6.07) is 8.22. The summed E-state index contributed by atoms with van der Waals surface area (Å²) in [7, 11) is 0.